The molecule has 0 radical (unpaired) electrons. The molecule has 3 N–H and O–H groups in total. The number of anilines is 1. The molecule has 2 heterocycles. The SMILES string of the molecule is CCOc1cc([C@H](C(=O)N2CC[C@H](C(=O)O)[C@@H]2c2ccccc2S(=O)(=O)CC)N(N)c2ccc3cnccc3c2)ccc1F. The second-order valence-electron chi connectivity index (χ2n) is 10.5. The lowest BCUT2D eigenvalue weighted by atomic mass is 9.93. The molecule has 1 aliphatic heterocycles. The highest BCUT2D eigenvalue weighted by molar-refractivity contribution is 7.91. The van der Waals surface area contributed by atoms with E-state index in [9.17, 15) is 27.5 Å². The zero-order valence-electron chi connectivity index (χ0n) is 24.3. The van der Waals surface area contributed by atoms with Crippen LogP contribution in [0.2, 0.25) is 0 Å². The van der Waals surface area contributed by atoms with Gasteiger partial charge in [-0.15, -0.1) is 0 Å². The quantitative estimate of drug-likeness (QED) is 0.191. The third-order valence-electron chi connectivity index (χ3n) is 7.96. The molecule has 12 heteroatoms. The fraction of sp³-hybridized carbons (Fsp3) is 0.281. The van der Waals surface area contributed by atoms with Gasteiger partial charge in [0.25, 0.3) is 5.91 Å². The van der Waals surface area contributed by atoms with Crippen LogP contribution >= 0.6 is 0 Å². The molecule has 0 unspecified atom stereocenters. The smallest absolute Gasteiger partial charge is 0.309 e. The average molecular weight is 621 g/mol. The minimum absolute atomic E-state index is 0.0249. The number of hydrazine groups is 1. The van der Waals surface area contributed by atoms with Crippen molar-refractivity contribution >= 4 is 38.2 Å². The summed E-state index contributed by atoms with van der Waals surface area (Å²) >= 11 is 0. The number of hydrogen-bond donors (Lipinski definition) is 2. The summed E-state index contributed by atoms with van der Waals surface area (Å²) in [6.07, 6.45) is 3.42. The Morgan fingerprint density at radius 3 is 2.61 bits per heavy atom. The first-order valence-electron chi connectivity index (χ1n) is 14.2. The lowest BCUT2D eigenvalue weighted by molar-refractivity contribution is -0.143. The van der Waals surface area contributed by atoms with Crippen LogP contribution in [0.1, 0.15) is 43.5 Å². The van der Waals surface area contributed by atoms with Crippen LogP contribution in [0.25, 0.3) is 10.8 Å². The van der Waals surface area contributed by atoms with Crippen molar-refractivity contribution in [2.45, 2.75) is 37.2 Å². The fourth-order valence-electron chi connectivity index (χ4n) is 5.76. The maximum absolute atomic E-state index is 14.7. The lowest BCUT2D eigenvalue weighted by Gasteiger charge is -2.36. The topological polar surface area (TPSA) is 143 Å². The molecular weight excluding hydrogens is 587 g/mol. The minimum Gasteiger partial charge on any atom is -0.491 e. The lowest BCUT2D eigenvalue weighted by Crippen LogP contribution is -2.47. The van der Waals surface area contributed by atoms with Crippen LogP contribution in [-0.2, 0) is 19.4 Å². The van der Waals surface area contributed by atoms with Crippen molar-refractivity contribution in [3.63, 3.8) is 0 Å². The third-order valence-corrected chi connectivity index (χ3v) is 9.76. The van der Waals surface area contributed by atoms with Crippen LogP contribution in [-0.4, -0.2) is 54.2 Å². The molecule has 230 valence electrons. The Morgan fingerprint density at radius 1 is 1.11 bits per heavy atom. The molecular formula is C32H33FN4O6S. The van der Waals surface area contributed by atoms with Gasteiger partial charge in [0.15, 0.2) is 21.4 Å². The van der Waals surface area contributed by atoms with Gasteiger partial charge in [0.2, 0.25) is 0 Å². The van der Waals surface area contributed by atoms with E-state index in [1.807, 2.05) is 0 Å². The summed E-state index contributed by atoms with van der Waals surface area (Å²) in [6, 6.07) is 15.0. The standard InChI is InChI=1S/C32H33FN4O6S/c1-3-43-27-18-21(10-12-26(27)33)29(37(34)23-11-9-22-19-35-15-13-20(22)17-23)31(38)36-16-14-25(32(39)40)30(36)24-7-5-6-8-28(24)44(41,42)4-2/h5-13,15,17-19,25,29-30H,3-4,14,16,34H2,1-2H3,(H,39,40)/t25-,29+,30-/m0/s1. The molecule has 1 aromatic heterocycles. The van der Waals surface area contributed by atoms with Gasteiger partial charge < -0.3 is 14.7 Å². The number of likely N-dealkylation sites (tertiary alicyclic amines) is 1. The van der Waals surface area contributed by atoms with Crippen molar-refractivity contribution in [1.29, 1.82) is 0 Å². The first kappa shape index (κ1) is 30.9. The second-order valence-corrected chi connectivity index (χ2v) is 12.7. The van der Waals surface area contributed by atoms with Crippen molar-refractivity contribution < 1.29 is 32.2 Å². The number of aromatic nitrogens is 1. The number of nitrogens with two attached hydrogens (primary N) is 1. The number of benzene rings is 3. The Bertz CT molecular complexity index is 1820. The molecule has 44 heavy (non-hydrogen) atoms. The third kappa shape index (κ3) is 5.82. The number of sulfone groups is 1. The Balaban J connectivity index is 1.66. The number of carbonyl (C=O) groups is 2. The van der Waals surface area contributed by atoms with Gasteiger partial charge in [-0.2, -0.15) is 0 Å². The average Bonchev–Trinajstić information content (AvgIpc) is 3.48. The van der Waals surface area contributed by atoms with Crippen LogP contribution < -0.4 is 15.6 Å². The molecule has 0 spiro atoms. The van der Waals surface area contributed by atoms with E-state index in [4.69, 9.17) is 10.6 Å². The summed E-state index contributed by atoms with van der Waals surface area (Å²) in [6.45, 7) is 3.43. The normalized spacial score (nSPS) is 17.4. The first-order valence-corrected chi connectivity index (χ1v) is 15.9. The molecule has 3 aromatic carbocycles. The number of pyridine rings is 1. The number of rotatable bonds is 10. The Labute approximate surface area is 254 Å². The van der Waals surface area contributed by atoms with Gasteiger partial charge in [-0.3, -0.25) is 19.6 Å². The van der Waals surface area contributed by atoms with E-state index in [0.717, 1.165) is 10.8 Å². The Hall–Kier alpha value is -4.55. The number of carboxylic acid groups (broad SMARTS) is 1. The summed E-state index contributed by atoms with van der Waals surface area (Å²) in [5.41, 5.74) is 0.996. The van der Waals surface area contributed by atoms with E-state index in [1.54, 1.807) is 61.8 Å². The van der Waals surface area contributed by atoms with Gasteiger partial charge in [-0.1, -0.05) is 37.3 Å². The highest BCUT2D eigenvalue weighted by Gasteiger charge is 2.46. The summed E-state index contributed by atoms with van der Waals surface area (Å²) in [7, 11) is -3.76. The highest BCUT2D eigenvalue weighted by atomic mass is 32.2. The fourth-order valence-corrected chi connectivity index (χ4v) is 6.91. The number of nitrogens with zero attached hydrogens (tertiary/aromatic N) is 3. The maximum atomic E-state index is 14.7. The molecule has 0 aliphatic carbocycles. The van der Waals surface area contributed by atoms with E-state index in [2.05, 4.69) is 4.98 Å². The molecule has 1 aliphatic rings. The number of amides is 1. The minimum atomic E-state index is -3.76. The monoisotopic (exact) mass is 620 g/mol. The predicted molar refractivity (Wildman–Crippen MR) is 163 cm³/mol. The van der Waals surface area contributed by atoms with E-state index in [0.29, 0.717) is 11.3 Å². The van der Waals surface area contributed by atoms with Crippen LogP contribution in [0.4, 0.5) is 10.1 Å². The second kappa shape index (κ2) is 12.6. The number of carboxylic acids is 1. The van der Waals surface area contributed by atoms with Gasteiger partial charge in [-0.25, -0.2) is 18.7 Å². The van der Waals surface area contributed by atoms with Gasteiger partial charge in [0.05, 0.1) is 34.9 Å². The van der Waals surface area contributed by atoms with E-state index in [1.165, 1.54) is 41.1 Å². The number of aliphatic carboxylic acids is 1. The summed E-state index contributed by atoms with van der Waals surface area (Å²) in [5, 5.41) is 13.1. The number of halogens is 1. The van der Waals surface area contributed by atoms with E-state index in [-0.39, 0.29) is 41.5 Å². The molecule has 0 saturated carbocycles. The number of fused-ring (bicyclic) bond motifs is 1. The number of hydrogen-bond acceptors (Lipinski definition) is 8. The van der Waals surface area contributed by atoms with Gasteiger partial charge in [-0.05, 0) is 66.3 Å². The largest absolute Gasteiger partial charge is 0.491 e. The van der Waals surface area contributed by atoms with Crippen LogP contribution in [0.3, 0.4) is 0 Å². The predicted octanol–water partition coefficient (Wildman–Crippen LogP) is 4.66. The van der Waals surface area contributed by atoms with E-state index >= 15 is 0 Å². The molecule has 1 amide bonds. The molecule has 1 saturated heterocycles. The van der Waals surface area contributed by atoms with Gasteiger partial charge in [0.1, 0.15) is 6.04 Å². The van der Waals surface area contributed by atoms with Crippen molar-refractivity contribution in [2.24, 2.45) is 11.8 Å². The molecule has 0 bridgehead atoms. The first-order chi connectivity index (χ1) is 21.1. The highest BCUT2D eigenvalue weighted by Crippen LogP contribution is 2.43. The molecule has 1 fully saturated rings. The molecule has 5 rings (SSSR count). The van der Waals surface area contributed by atoms with Gasteiger partial charge in [0, 0.05) is 24.3 Å². The molecule has 4 aromatic rings. The van der Waals surface area contributed by atoms with Crippen LogP contribution in [0.5, 0.6) is 5.75 Å². The Kier molecular flexibility index (Phi) is 8.84. The zero-order valence-corrected chi connectivity index (χ0v) is 25.1. The molecule has 3 atom stereocenters. The van der Waals surface area contributed by atoms with Crippen LogP contribution in [0, 0.1) is 11.7 Å². The number of carbonyl (C=O) groups excluding carboxylic acids is 1. The zero-order chi connectivity index (χ0) is 31.6. The van der Waals surface area contributed by atoms with E-state index < -0.39 is 45.5 Å². The maximum Gasteiger partial charge on any atom is 0.309 e. The molecule has 10 nitrogen and oxygen atoms in total. The summed E-state index contributed by atoms with van der Waals surface area (Å²) in [5.74, 6) is 3.03. The van der Waals surface area contributed by atoms with Gasteiger partial charge >= 0.3 is 5.97 Å². The Morgan fingerprint density at radius 2 is 1.89 bits per heavy atom. The number of ether oxygens (including phenoxy) is 1. The summed E-state index contributed by atoms with van der Waals surface area (Å²) < 4.78 is 46.3. The van der Waals surface area contributed by atoms with Crippen molar-refractivity contribution in [1.82, 2.24) is 9.88 Å². The van der Waals surface area contributed by atoms with Crippen molar-refractivity contribution in [3.8, 4) is 5.75 Å². The summed E-state index contributed by atoms with van der Waals surface area (Å²) in [4.78, 5) is 32.6. The van der Waals surface area contributed by atoms with Crippen molar-refractivity contribution in [2.75, 3.05) is 23.9 Å². The van der Waals surface area contributed by atoms with Crippen LogP contribution in [0.15, 0.2) is 84.0 Å². The van der Waals surface area contributed by atoms with Crippen molar-refractivity contribution in [3.05, 3.63) is 96.1 Å².